The van der Waals surface area contributed by atoms with Crippen LogP contribution in [0.25, 0.3) is 0 Å². The Morgan fingerprint density at radius 1 is 1.16 bits per heavy atom. The third-order valence-electron chi connectivity index (χ3n) is 5.38. The average molecular weight is 436 g/mol. The largest absolute Gasteiger partial charge is 0.493 e. The molecule has 0 aliphatic carbocycles. The van der Waals surface area contributed by atoms with Gasteiger partial charge in [0.15, 0.2) is 17.3 Å². The minimum absolute atomic E-state index is 0.0416. The van der Waals surface area contributed by atoms with Gasteiger partial charge in [0.05, 0.1) is 12.5 Å². The summed E-state index contributed by atoms with van der Waals surface area (Å²) in [7, 11) is 0. The van der Waals surface area contributed by atoms with Gasteiger partial charge in [0.2, 0.25) is 5.89 Å². The smallest absolute Gasteiger partial charge is 0.321 e. The van der Waals surface area contributed by atoms with E-state index in [1.54, 1.807) is 23.1 Å². The maximum atomic E-state index is 12.5. The molecule has 0 bridgehead atoms. The van der Waals surface area contributed by atoms with Crippen LogP contribution in [-0.2, 0) is 6.42 Å². The molecular weight excluding hydrogens is 412 g/mol. The van der Waals surface area contributed by atoms with Crippen molar-refractivity contribution in [3.8, 4) is 17.2 Å². The fourth-order valence-electron chi connectivity index (χ4n) is 3.62. The summed E-state index contributed by atoms with van der Waals surface area (Å²) in [5, 5.41) is 6.92. The lowest BCUT2D eigenvalue weighted by atomic mass is 10.0. The molecule has 5 rings (SSSR count). The first-order chi connectivity index (χ1) is 15.6. The van der Waals surface area contributed by atoms with Crippen LogP contribution in [0.5, 0.6) is 17.2 Å². The van der Waals surface area contributed by atoms with Gasteiger partial charge in [0.25, 0.3) is 0 Å². The number of anilines is 1. The Kier molecular flexibility index (Phi) is 5.53. The molecule has 9 nitrogen and oxygen atoms in total. The summed E-state index contributed by atoms with van der Waals surface area (Å²) in [5.74, 6) is 3.35. The van der Waals surface area contributed by atoms with E-state index in [9.17, 15) is 4.79 Å². The minimum atomic E-state index is -0.177. The first kappa shape index (κ1) is 20.2. The topological polar surface area (TPSA) is 99.0 Å². The highest BCUT2D eigenvalue weighted by atomic mass is 16.6. The van der Waals surface area contributed by atoms with Gasteiger partial charge in [-0.2, -0.15) is 4.98 Å². The molecule has 0 spiro atoms. The third kappa shape index (κ3) is 4.46. The summed E-state index contributed by atoms with van der Waals surface area (Å²) >= 11 is 0. The molecule has 2 aromatic carbocycles. The second-order valence-corrected chi connectivity index (χ2v) is 7.85. The first-order valence-corrected chi connectivity index (χ1v) is 10.6. The van der Waals surface area contributed by atoms with Crippen molar-refractivity contribution in [1.82, 2.24) is 15.0 Å². The number of aromatic nitrogens is 2. The van der Waals surface area contributed by atoms with E-state index in [-0.39, 0.29) is 11.9 Å². The van der Waals surface area contributed by atoms with Crippen LogP contribution in [-0.4, -0.2) is 54.0 Å². The molecule has 0 atom stereocenters. The standard InChI is InChI=1S/C23H24N4O5/c1-15-3-2-4-18(11-15)29-8-7-21-25-22(32-26-21)16-13-27(14-16)23(28)24-17-5-6-19-20(12-17)31-10-9-30-19/h2-6,11-12,16H,7-10,13-14H2,1H3,(H,24,28). The number of amides is 2. The van der Waals surface area contributed by atoms with E-state index in [0.717, 1.165) is 11.3 Å². The lowest BCUT2D eigenvalue weighted by Crippen LogP contribution is -2.50. The maximum Gasteiger partial charge on any atom is 0.321 e. The molecule has 9 heteroatoms. The Morgan fingerprint density at radius 2 is 2.00 bits per heavy atom. The average Bonchev–Trinajstić information content (AvgIpc) is 3.21. The van der Waals surface area contributed by atoms with Crippen LogP contribution in [0.1, 0.15) is 23.2 Å². The van der Waals surface area contributed by atoms with Gasteiger partial charge < -0.3 is 29.0 Å². The molecule has 0 radical (unpaired) electrons. The summed E-state index contributed by atoms with van der Waals surface area (Å²) in [6, 6.07) is 13.1. The van der Waals surface area contributed by atoms with Crippen molar-refractivity contribution in [2.45, 2.75) is 19.3 Å². The molecule has 166 valence electrons. The number of rotatable bonds is 6. The van der Waals surface area contributed by atoms with Crippen LogP contribution in [0.3, 0.4) is 0 Å². The van der Waals surface area contributed by atoms with Crippen LogP contribution in [0.2, 0.25) is 0 Å². The van der Waals surface area contributed by atoms with E-state index < -0.39 is 0 Å². The number of hydrogen-bond donors (Lipinski definition) is 1. The summed E-state index contributed by atoms with van der Waals surface area (Å²) in [4.78, 5) is 18.7. The van der Waals surface area contributed by atoms with E-state index in [0.29, 0.717) is 68.2 Å². The summed E-state index contributed by atoms with van der Waals surface area (Å²) in [6.07, 6.45) is 0.554. The summed E-state index contributed by atoms with van der Waals surface area (Å²) < 4.78 is 22.2. The molecule has 0 saturated carbocycles. The quantitative estimate of drug-likeness (QED) is 0.632. The minimum Gasteiger partial charge on any atom is -0.493 e. The Bertz CT molecular complexity index is 1110. The number of carbonyl (C=O) groups excluding carboxylic acids is 1. The van der Waals surface area contributed by atoms with Crippen LogP contribution < -0.4 is 19.5 Å². The highest BCUT2D eigenvalue weighted by molar-refractivity contribution is 5.90. The number of nitrogens with one attached hydrogen (secondary N) is 1. The molecule has 2 aliphatic rings. The van der Waals surface area contributed by atoms with Crippen molar-refractivity contribution in [2.75, 3.05) is 38.2 Å². The Balaban J connectivity index is 1.08. The summed E-state index contributed by atoms with van der Waals surface area (Å²) in [6.45, 7) is 4.58. The van der Waals surface area contributed by atoms with Gasteiger partial charge in [-0.05, 0) is 36.8 Å². The fraction of sp³-hybridized carbons (Fsp3) is 0.348. The third-order valence-corrected chi connectivity index (χ3v) is 5.38. The van der Waals surface area contributed by atoms with E-state index in [1.807, 2.05) is 31.2 Å². The number of nitrogens with zero attached hydrogens (tertiary/aromatic N) is 3. The fourth-order valence-corrected chi connectivity index (χ4v) is 3.62. The number of likely N-dealkylation sites (tertiary alicyclic amines) is 1. The zero-order chi connectivity index (χ0) is 21.9. The SMILES string of the molecule is Cc1cccc(OCCc2noc(C3CN(C(=O)Nc4ccc5c(c4)OCCO5)C3)n2)c1. The molecule has 1 saturated heterocycles. The van der Waals surface area contributed by atoms with E-state index in [2.05, 4.69) is 15.5 Å². The second-order valence-electron chi connectivity index (χ2n) is 7.85. The number of carbonyl (C=O) groups is 1. The van der Waals surface area contributed by atoms with E-state index in [4.69, 9.17) is 18.7 Å². The van der Waals surface area contributed by atoms with Crippen LogP contribution in [0.4, 0.5) is 10.5 Å². The van der Waals surface area contributed by atoms with Gasteiger partial charge in [-0.15, -0.1) is 0 Å². The first-order valence-electron chi connectivity index (χ1n) is 10.6. The molecule has 0 unspecified atom stereocenters. The zero-order valence-electron chi connectivity index (χ0n) is 17.7. The van der Waals surface area contributed by atoms with Gasteiger partial charge in [-0.25, -0.2) is 4.79 Å². The molecule has 2 aliphatic heterocycles. The van der Waals surface area contributed by atoms with Gasteiger partial charge in [-0.1, -0.05) is 17.3 Å². The van der Waals surface area contributed by atoms with Crippen molar-refractivity contribution in [3.05, 3.63) is 59.7 Å². The van der Waals surface area contributed by atoms with E-state index in [1.165, 1.54) is 0 Å². The van der Waals surface area contributed by atoms with Crippen molar-refractivity contribution in [3.63, 3.8) is 0 Å². The monoisotopic (exact) mass is 436 g/mol. The number of benzene rings is 2. The lowest BCUT2D eigenvalue weighted by Gasteiger charge is -2.36. The molecule has 3 heterocycles. The highest BCUT2D eigenvalue weighted by Gasteiger charge is 2.35. The lowest BCUT2D eigenvalue weighted by molar-refractivity contribution is 0.147. The maximum absolute atomic E-state index is 12.5. The molecule has 1 fully saturated rings. The second kappa shape index (κ2) is 8.78. The number of aryl methyl sites for hydroxylation is 1. The van der Waals surface area contributed by atoms with Crippen molar-refractivity contribution >= 4 is 11.7 Å². The van der Waals surface area contributed by atoms with Gasteiger partial charge >= 0.3 is 6.03 Å². The molecule has 3 aromatic rings. The molecule has 32 heavy (non-hydrogen) atoms. The number of fused-ring (bicyclic) bond motifs is 1. The predicted molar refractivity (Wildman–Crippen MR) is 115 cm³/mol. The zero-order valence-corrected chi connectivity index (χ0v) is 17.7. The highest BCUT2D eigenvalue weighted by Crippen LogP contribution is 2.33. The predicted octanol–water partition coefficient (Wildman–Crippen LogP) is 3.40. The van der Waals surface area contributed by atoms with Crippen LogP contribution in [0.15, 0.2) is 47.0 Å². The molecule has 1 aromatic heterocycles. The van der Waals surface area contributed by atoms with Gasteiger partial charge in [0.1, 0.15) is 19.0 Å². The van der Waals surface area contributed by atoms with Gasteiger partial charge in [-0.3, -0.25) is 0 Å². The van der Waals surface area contributed by atoms with Crippen molar-refractivity contribution < 1.29 is 23.5 Å². The van der Waals surface area contributed by atoms with Crippen LogP contribution in [0, 0.1) is 6.92 Å². The Hall–Kier alpha value is -3.75. The Labute approximate surface area is 185 Å². The number of ether oxygens (including phenoxy) is 3. The molecular formula is C23H24N4O5. The van der Waals surface area contributed by atoms with Crippen molar-refractivity contribution in [2.24, 2.45) is 0 Å². The summed E-state index contributed by atoms with van der Waals surface area (Å²) in [5.41, 5.74) is 1.81. The van der Waals surface area contributed by atoms with Crippen LogP contribution >= 0.6 is 0 Å². The van der Waals surface area contributed by atoms with Gasteiger partial charge in [0, 0.05) is 31.3 Å². The number of hydrogen-bond acceptors (Lipinski definition) is 7. The molecule has 2 amide bonds. The van der Waals surface area contributed by atoms with Crippen molar-refractivity contribution in [1.29, 1.82) is 0 Å². The Morgan fingerprint density at radius 3 is 2.84 bits per heavy atom. The van der Waals surface area contributed by atoms with E-state index >= 15 is 0 Å². The molecule has 1 N–H and O–H groups in total. The normalized spacial score (nSPS) is 15.2. The number of urea groups is 1.